The van der Waals surface area contributed by atoms with Crippen LogP contribution in [0.1, 0.15) is 18.1 Å². The van der Waals surface area contributed by atoms with Crippen molar-refractivity contribution in [3.8, 4) is 18.1 Å². The molecule has 0 radical (unpaired) electrons. The zero-order valence-electron chi connectivity index (χ0n) is 14.4. The highest BCUT2D eigenvalue weighted by Crippen LogP contribution is 2.25. The summed E-state index contributed by atoms with van der Waals surface area (Å²) in [6.07, 6.45) is 5.37. The van der Waals surface area contributed by atoms with Crippen molar-refractivity contribution in [1.82, 2.24) is 4.90 Å². The average Bonchev–Trinajstić information content (AvgIpc) is 2.60. The largest absolute Gasteiger partial charge is 0.489 e. The molecule has 2 aromatic carbocycles. The Labute approximate surface area is 157 Å². The molecular weight excluding hydrogens is 355 g/mol. The van der Waals surface area contributed by atoms with E-state index >= 15 is 0 Å². The first-order chi connectivity index (χ1) is 12.4. The number of primary amides is 1. The number of nitrogens with zero attached hydrogens (tertiary/aromatic N) is 1. The van der Waals surface area contributed by atoms with E-state index in [1.54, 1.807) is 42.2 Å². The first-order valence-corrected chi connectivity index (χ1v) is 8.41. The van der Waals surface area contributed by atoms with Gasteiger partial charge in [-0.1, -0.05) is 35.7 Å². The first-order valence-electron chi connectivity index (χ1n) is 8.03. The highest BCUT2D eigenvalue weighted by Gasteiger charge is 2.19. The van der Waals surface area contributed by atoms with Gasteiger partial charge in [-0.3, -0.25) is 9.69 Å². The monoisotopic (exact) mass is 374 g/mol. The highest BCUT2D eigenvalue weighted by atomic mass is 35.5. The molecular formula is C20H20ClFN2O2. The summed E-state index contributed by atoms with van der Waals surface area (Å²) in [5.41, 5.74) is 6.88. The molecule has 136 valence electrons. The van der Waals surface area contributed by atoms with E-state index in [4.69, 9.17) is 28.5 Å². The van der Waals surface area contributed by atoms with Crippen molar-refractivity contribution in [2.24, 2.45) is 5.73 Å². The summed E-state index contributed by atoms with van der Waals surface area (Å²) in [6.45, 7) is 2.59. The molecule has 1 amide bonds. The molecule has 2 aromatic rings. The summed E-state index contributed by atoms with van der Waals surface area (Å²) >= 11 is 6.33. The summed E-state index contributed by atoms with van der Waals surface area (Å²) < 4.78 is 18.8. The second-order valence-corrected chi connectivity index (χ2v) is 6.27. The number of amides is 1. The van der Waals surface area contributed by atoms with Crippen LogP contribution in [0.3, 0.4) is 0 Å². The number of carbonyl (C=O) groups is 1. The molecule has 2 N–H and O–H groups in total. The van der Waals surface area contributed by atoms with Gasteiger partial charge in [0.1, 0.15) is 18.2 Å². The van der Waals surface area contributed by atoms with Gasteiger partial charge >= 0.3 is 0 Å². The van der Waals surface area contributed by atoms with Crippen LogP contribution in [0, 0.1) is 18.2 Å². The number of ether oxygens (including phenoxy) is 1. The fourth-order valence-electron chi connectivity index (χ4n) is 2.39. The minimum Gasteiger partial charge on any atom is -0.489 e. The number of nitrogens with two attached hydrogens (primary N) is 1. The van der Waals surface area contributed by atoms with Gasteiger partial charge in [-0.25, -0.2) is 4.39 Å². The maximum absolute atomic E-state index is 13.2. The van der Waals surface area contributed by atoms with E-state index in [-0.39, 0.29) is 19.0 Å². The normalized spacial score (nSPS) is 11.8. The van der Waals surface area contributed by atoms with Crippen LogP contribution < -0.4 is 10.5 Å². The number of benzene rings is 2. The van der Waals surface area contributed by atoms with E-state index in [9.17, 15) is 9.18 Å². The molecule has 0 saturated heterocycles. The van der Waals surface area contributed by atoms with Crippen LogP contribution in [0.15, 0.2) is 42.5 Å². The topological polar surface area (TPSA) is 55.6 Å². The van der Waals surface area contributed by atoms with Crippen LogP contribution in [-0.4, -0.2) is 23.4 Å². The van der Waals surface area contributed by atoms with Crippen molar-refractivity contribution in [3.05, 3.63) is 64.4 Å². The van der Waals surface area contributed by atoms with Crippen LogP contribution in [0.25, 0.3) is 0 Å². The number of hydrogen-bond acceptors (Lipinski definition) is 3. The minimum absolute atomic E-state index is 0.232. The molecule has 0 heterocycles. The van der Waals surface area contributed by atoms with Gasteiger partial charge < -0.3 is 10.5 Å². The predicted molar refractivity (Wildman–Crippen MR) is 100 cm³/mol. The fourth-order valence-corrected chi connectivity index (χ4v) is 2.62. The lowest BCUT2D eigenvalue weighted by atomic mass is 10.1. The molecule has 0 unspecified atom stereocenters. The fraction of sp³-hybridized carbons (Fsp3) is 0.250. The second-order valence-electron chi connectivity index (χ2n) is 5.86. The summed E-state index contributed by atoms with van der Waals surface area (Å²) in [5, 5.41) is 0.487. The zero-order chi connectivity index (χ0) is 19.1. The molecule has 0 aliphatic rings. The molecule has 0 aromatic heterocycles. The van der Waals surface area contributed by atoms with E-state index in [1.807, 2.05) is 0 Å². The summed E-state index contributed by atoms with van der Waals surface area (Å²) in [5.74, 6) is 2.32. The molecule has 26 heavy (non-hydrogen) atoms. The number of hydrogen-bond donors (Lipinski definition) is 1. The summed E-state index contributed by atoms with van der Waals surface area (Å²) in [4.78, 5) is 13.2. The predicted octanol–water partition coefficient (Wildman–Crippen LogP) is 3.37. The maximum atomic E-state index is 13.2. The Morgan fingerprint density at radius 2 is 2.15 bits per heavy atom. The Morgan fingerprint density at radius 3 is 2.77 bits per heavy atom. The highest BCUT2D eigenvalue weighted by molar-refractivity contribution is 6.31. The Morgan fingerprint density at radius 1 is 1.38 bits per heavy atom. The van der Waals surface area contributed by atoms with E-state index in [2.05, 4.69) is 5.92 Å². The molecule has 6 heteroatoms. The Bertz CT molecular complexity index is 820. The molecule has 4 nitrogen and oxygen atoms in total. The molecule has 1 atom stereocenters. The number of rotatable bonds is 8. The summed E-state index contributed by atoms with van der Waals surface area (Å²) in [7, 11) is 0. The third-order valence-corrected chi connectivity index (χ3v) is 4.30. The Hall–Kier alpha value is -2.55. The van der Waals surface area contributed by atoms with Crippen molar-refractivity contribution >= 4 is 17.5 Å². The standard InChI is InChI=1S/C20H20ClFN2O2/c1-3-9-24(14(2)20(23)25)12-16-7-8-18(11-19(16)21)26-13-15-5-4-6-17(22)10-15/h1,4-8,10-11,14H,9,12-13H2,2H3,(H2,23,25)/t14-/m0/s1. The van der Waals surface area contributed by atoms with Gasteiger partial charge in [0.25, 0.3) is 0 Å². The molecule has 0 aliphatic carbocycles. The van der Waals surface area contributed by atoms with Crippen LogP contribution in [-0.2, 0) is 17.9 Å². The maximum Gasteiger partial charge on any atom is 0.234 e. The van der Waals surface area contributed by atoms with E-state index in [1.165, 1.54) is 12.1 Å². The van der Waals surface area contributed by atoms with Gasteiger partial charge in [0, 0.05) is 11.6 Å². The van der Waals surface area contributed by atoms with Gasteiger partial charge in [0.05, 0.1) is 12.6 Å². The molecule has 0 fully saturated rings. The molecule has 2 rings (SSSR count). The van der Waals surface area contributed by atoms with Crippen molar-refractivity contribution in [1.29, 1.82) is 0 Å². The van der Waals surface area contributed by atoms with Crippen molar-refractivity contribution in [3.63, 3.8) is 0 Å². The zero-order valence-corrected chi connectivity index (χ0v) is 15.2. The molecule has 0 bridgehead atoms. The van der Waals surface area contributed by atoms with Gasteiger partial charge in [-0.05, 0) is 42.3 Å². The third-order valence-electron chi connectivity index (χ3n) is 3.95. The third kappa shape index (κ3) is 5.48. The van der Waals surface area contributed by atoms with Crippen molar-refractivity contribution in [2.75, 3.05) is 6.54 Å². The van der Waals surface area contributed by atoms with Crippen LogP contribution in [0.2, 0.25) is 5.02 Å². The van der Waals surface area contributed by atoms with E-state index < -0.39 is 11.9 Å². The van der Waals surface area contributed by atoms with Crippen molar-refractivity contribution < 1.29 is 13.9 Å². The van der Waals surface area contributed by atoms with Crippen molar-refractivity contribution in [2.45, 2.75) is 26.1 Å². The average molecular weight is 375 g/mol. The number of terminal acetylenes is 1. The lowest BCUT2D eigenvalue weighted by Gasteiger charge is -2.25. The minimum atomic E-state index is -0.508. The van der Waals surface area contributed by atoms with Gasteiger partial charge in [0.15, 0.2) is 0 Å². The van der Waals surface area contributed by atoms with Crippen LogP contribution in [0.5, 0.6) is 5.75 Å². The molecule has 0 aliphatic heterocycles. The van der Waals surface area contributed by atoms with Gasteiger partial charge in [-0.15, -0.1) is 6.42 Å². The second kappa shape index (κ2) is 9.23. The van der Waals surface area contributed by atoms with Crippen LogP contribution >= 0.6 is 11.6 Å². The Kier molecular flexibility index (Phi) is 7.02. The lowest BCUT2D eigenvalue weighted by molar-refractivity contribution is -0.122. The van der Waals surface area contributed by atoms with Gasteiger partial charge in [-0.2, -0.15) is 0 Å². The number of halogens is 2. The van der Waals surface area contributed by atoms with Gasteiger partial charge in [0.2, 0.25) is 5.91 Å². The Balaban J connectivity index is 2.06. The quantitative estimate of drug-likeness (QED) is 0.721. The first kappa shape index (κ1) is 19.8. The molecule has 0 spiro atoms. The SMILES string of the molecule is C#CCN(Cc1ccc(OCc2cccc(F)c2)cc1Cl)[C@@H](C)C(N)=O. The number of carbonyl (C=O) groups excluding carboxylic acids is 1. The lowest BCUT2D eigenvalue weighted by Crippen LogP contribution is -2.42. The van der Waals surface area contributed by atoms with E-state index in [0.717, 1.165) is 11.1 Å². The summed E-state index contributed by atoms with van der Waals surface area (Å²) in [6, 6.07) is 10.9. The van der Waals surface area contributed by atoms with Crippen LogP contribution in [0.4, 0.5) is 4.39 Å². The smallest absolute Gasteiger partial charge is 0.234 e. The molecule has 0 saturated carbocycles. The van der Waals surface area contributed by atoms with E-state index in [0.29, 0.717) is 17.3 Å².